The van der Waals surface area contributed by atoms with Gasteiger partial charge in [0.15, 0.2) is 6.23 Å². The molecule has 0 saturated carbocycles. The lowest BCUT2D eigenvalue weighted by Gasteiger charge is -2.45. The van der Waals surface area contributed by atoms with Gasteiger partial charge in [0.25, 0.3) is 0 Å². The van der Waals surface area contributed by atoms with E-state index < -0.39 is 0 Å². The summed E-state index contributed by atoms with van der Waals surface area (Å²) < 4.78 is 8.96. The maximum absolute atomic E-state index is 6.84. The van der Waals surface area contributed by atoms with Crippen LogP contribution in [0, 0.1) is 6.92 Å². The van der Waals surface area contributed by atoms with Crippen LogP contribution in [-0.4, -0.2) is 0 Å². The Labute approximate surface area is 222 Å². The molecular weight excluding hydrogens is 562 g/mol. The van der Waals surface area contributed by atoms with Crippen LogP contribution in [0.25, 0.3) is 10.8 Å². The second kappa shape index (κ2) is 9.18. The molecule has 0 bridgehead atoms. The molecule has 0 fully saturated rings. The van der Waals surface area contributed by atoms with Crippen molar-refractivity contribution >= 4 is 48.3 Å². The van der Waals surface area contributed by atoms with Crippen molar-refractivity contribution in [2.24, 2.45) is 0 Å². The molecule has 0 aliphatic carbocycles. The van der Waals surface area contributed by atoms with Gasteiger partial charge in [-0.3, -0.25) is 0 Å². The lowest BCUT2D eigenvalue weighted by atomic mass is 9.89. The zero-order chi connectivity index (χ0) is 23.9. The van der Waals surface area contributed by atoms with Crippen LogP contribution in [-0.2, 0) is 0 Å². The summed E-state index contributed by atoms with van der Waals surface area (Å²) in [6.45, 7) is 2.12. The van der Waals surface area contributed by atoms with Crippen molar-refractivity contribution in [3.63, 3.8) is 0 Å². The molecule has 0 saturated heterocycles. The van der Waals surface area contributed by atoms with Crippen molar-refractivity contribution in [1.82, 2.24) is 0 Å². The summed E-state index contributed by atoms with van der Waals surface area (Å²) in [6.07, 6.45) is -0.284. The predicted octanol–water partition coefficient (Wildman–Crippen LogP) is 9.36. The van der Waals surface area contributed by atoms with Crippen molar-refractivity contribution in [1.29, 1.82) is 0 Å². The third-order valence-electron chi connectivity index (χ3n) is 6.65. The number of aryl methyl sites for hydroxylation is 1. The summed E-state index contributed by atoms with van der Waals surface area (Å²) >= 11 is 7.21. The van der Waals surface area contributed by atoms with Gasteiger partial charge >= 0.3 is 0 Å². The molecule has 5 aromatic rings. The SMILES string of the molecule is Cc1ccc(N2[C@H](c3ccc(Br)cc3)c3c(ccc4ccccc34)O[C@H]2c2ccc(Br)cc2)cc1. The van der Waals surface area contributed by atoms with E-state index in [9.17, 15) is 0 Å². The first kappa shape index (κ1) is 22.4. The molecule has 172 valence electrons. The fourth-order valence-corrected chi connectivity index (χ4v) is 5.47. The highest BCUT2D eigenvalue weighted by Crippen LogP contribution is 2.50. The number of fused-ring (bicyclic) bond motifs is 3. The highest BCUT2D eigenvalue weighted by molar-refractivity contribution is 9.10. The van der Waals surface area contributed by atoms with Crippen LogP contribution in [0.4, 0.5) is 5.69 Å². The number of hydrogen-bond acceptors (Lipinski definition) is 2. The first-order chi connectivity index (χ1) is 17.1. The van der Waals surface area contributed by atoms with Crippen LogP contribution >= 0.6 is 31.9 Å². The van der Waals surface area contributed by atoms with Gasteiger partial charge in [-0.1, -0.05) is 104 Å². The van der Waals surface area contributed by atoms with Gasteiger partial charge in [0.05, 0.1) is 6.04 Å². The molecule has 0 aromatic heterocycles. The summed E-state index contributed by atoms with van der Waals surface area (Å²) in [6, 6.07) is 38.7. The van der Waals surface area contributed by atoms with E-state index in [1.807, 2.05) is 0 Å². The van der Waals surface area contributed by atoms with Gasteiger partial charge in [0.1, 0.15) is 5.75 Å². The summed E-state index contributed by atoms with van der Waals surface area (Å²) in [4.78, 5) is 2.42. The monoisotopic (exact) mass is 583 g/mol. The molecule has 5 aromatic carbocycles. The number of halogens is 2. The number of rotatable bonds is 3. The third-order valence-corrected chi connectivity index (χ3v) is 7.70. The van der Waals surface area contributed by atoms with E-state index in [1.54, 1.807) is 0 Å². The minimum Gasteiger partial charge on any atom is -0.466 e. The summed E-state index contributed by atoms with van der Waals surface area (Å²) in [7, 11) is 0. The van der Waals surface area contributed by atoms with Gasteiger partial charge in [0.2, 0.25) is 0 Å². The minimum atomic E-state index is -0.284. The van der Waals surface area contributed by atoms with Crippen LogP contribution in [0.3, 0.4) is 0 Å². The van der Waals surface area contributed by atoms with Gasteiger partial charge in [-0.2, -0.15) is 0 Å². The Morgan fingerprint density at radius 3 is 1.97 bits per heavy atom. The molecule has 6 rings (SSSR count). The normalized spacial score (nSPS) is 17.2. The Balaban J connectivity index is 1.65. The standard InChI is InChI=1S/C31H23Br2NO/c1-20-6-17-26(18-7-20)34-30(22-8-13-24(32)14-9-22)29-27-5-3-2-4-21(27)12-19-28(29)35-31(34)23-10-15-25(33)16-11-23/h2-19,30-31H,1H3/t30-,31+/m1/s1. The maximum atomic E-state index is 6.84. The van der Waals surface area contributed by atoms with Gasteiger partial charge in [-0.15, -0.1) is 0 Å². The van der Waals surface area contributed by atoms with Crippen molar-refractivity contribution in [3.05, 3.63) is 140 Å². The number of benzene rings is 5. The molecule has 35 heavy (non-hydrogen) atoms. The smallest absolute Gasteiger partial charge is 0.199 e. The Kier molecular flexibility index (Phi) is 5.87. The average molecular weight is 585 g/mol. The highest BCUT2D eigenvalue weighted by Gasteiger charge is 2.39. The molecule has 0 spiro atoms. The predicted molar refractivity (Wildman–Crippen MR) is 151 cm³/mol. The summed E-state index contributed by atoms with van der Waals surface area (Å²) in [5.41, 5.74) is 5.87. The van der Waals surface area contributed by atoms with E-state index in [0.717, 1.165) is 25.9 Å². The van der Waals surface area contributed by atoms with Crippen molar-refractivity contribution in [2.75, 3.05) is 4.90 Å². The molecule has 0 N–H and O–H groups in total. The van der Waals surface area contributed by atoms with Crippen LogP contribution in [0.1, 0.15) is 34.5 Å². The largest absolute Gasteiger partial charge is 0.466 e. The van der Waals surface area contributed by atoms with Gasteiger partial charge < -0.3 is 9.64 Å². The van der Waals surface area contributed by atoms with Gasteiger partial charge in [-0.05, 0) is 65.7 Å². The minimum absolute atomic E-state index is 0.0331. The number of ether oxygens (including phenoxy) is 1. The molecule has 4 heteroatoms. The quantitative estimate of drug-likeness (QED) is 0.209. The van der Waals surface area contributed by atoms with Gasteiger partial charge in [0, 0.05) is 25.8 Å². The van der Waals surface area contributed by atoms with Crippen LogP contribution < -0.4 is 9.64 Å². The van der Waals surface area contributed by atoms with Crippen molar-refractivity contribution < 1.29 is 4.74 Å². The first-order valence-electron chi connectivity index (χ1n) is 11.6. The average Bonchev–Trinajstić information content (AvgIpc) is 2.89. The van der Waals surface area contributed by atoms with Crippen molar-refractivity contribution in [2.45, 2.75) is 19.2 Å². The van der Waals surface area contributed by atoms with Crippen molar-refractivity contribution in [3.8, 4) is 5.75 Å². The first-order valence-corrected chi connectivity index (χ1v) is 13.2. The van der Waals surface area contributed by atoms with E-state index in [2.05, 4.69) is 153 Å². The zero-order valence-corrected chi connectivity index (χ0v) is 22.3. The molecule has 1 aliphatic rings. The highest BCUT2D eigenvalue weighted by atomic mass is 79.9. The lowest BCUT2D eigenvalue weighted by Crippen LogP contribution is -2.40. The molecular formula is C31H23Br2NO. The fraction of sp³-hybridized carbons (Fsp3) is 0.0968. The molecule has 2 atom stereocenters. The zero-order valence-electron chi connectivity index (χ0n) is 19.2. The van der Waals surface area contributed by atoms with E-state index >= 15 is 0 Å². The van der Waals surface area contributed by atoms with E-state index in [4.69, 9.17) is 4.74 Å². The Hall–Kier alpha value is -3.08. The Bertz CT molecular complexity index is 1490. The molecule has 1 aliphatic heterocycles. The molecule has 1 heterocycles. The molecule has 0 radical (unpaired) electrons. The lowest BCUT2D eigenvalue weighted by molar-refractivity contribution is 0.170. The molecule has 0 unspecified atom stereocenters. The number of nitrogens with zero attached hydrogens (tertiary/aromatic N) is 1. The number of anilines is 1. The van der Waals surface area contributed by atoms with Crippen LogP contribution in [0.2, 0.25) is 0 Å². The second-order valence-electron chi connectivity index (χ2n) is 8.92. The van der Waals surface area contributed by atoms with E-state index in [0.29, 0.717) is 0 Å². The fourth-order valence-electron chi connectivity index (χ4n) is 4.94. The van der Waals surface area contributed by atoms with Crippen LogP contribution in [0.15, 0.2) is 118 Å². The number of hydrogen-bond donors (Lipinski definition) is 0. The Morgan fingerprint density at radius 2 is 1.29 bits per heavy atom. The molecule has 0 amide bonds. The molecule has 2 nitrogen and oxygen atoms in total. The second-order valence-corrected chi connectivity index (χ2v) is 10.7. The van der Waals surface area contributed by atoms with E-state index in [-0.39, 0.29) is 12.3 Å². The summed E-state index contributed by atoms with van der Waals surface area (Å²) in [5.74, 6) is 0.924. The van der Waals surface area contributed by atoms with Crippen LogP contribution in [0.5, 0.6) is 5.75 Å². The summed E-state index contributed by atoms with van der Waals surface area (Å²) in [5, 5.41) is 2.42. The topological polar surface area (TPSA) is 12.5 Å². The third kappa shape index (κ3) is 4.15. The van der Waals surface area contributed by atoms with E-state index in [1.165, 1.54) is 27.5 Å². The maximum Gasteiger partial charge on any atom is 0.199 e. The van der Waals surface area contributed by atoms with Gasteiger partial charge in [-0.25, -0.2) is 0 Å². The Morgan fingerprint density at radius 1 is 0.657 bits per heavy atom.